The van der Waals surface area contributed by atoms with Crippen molar-refractivity contribution in [1.82, 2.24) is 29.2 Å². The molecule has 0 radical (unpaired) electrons. The number of hydrogen-bond acceptors (Lipinski definition) is 8. The molecule has 11 heteroatoms. The van der Waals surface area contributed by atoms with E-state index in [0.717, 1.165) is 49.3 Å². The van der Waals surface area contributed by atoms with Crippen LogP contribution in [0.1, 0.15) is 10.5 Å². The fourth-order valence-electron chi connectivity index (χ4n) is 5.08. The molecule has 4 heterocycles. The Bertz CT molecular complexity index is 1670. The Balaban J connectivity index is 1.30. The third kappa shape index (κ3) is 4.66. The van der Waals surface area contributed by atoms with Gasteiger partial charge in [0.15, 0.2) is 5.65 Å². The van der Waals surface area contributed by atoms with Crippen LogP contribution in [0.15, 0.2) is 54.9 Å². The highest BCUT2D eigenvalue weighted by atomic mass is 16.5. The summed E-state index contributed by atoms with van der Waals surface area (Å²) in [6.45, 7) is 4.75. The maximum absolute atomic E-state index is 13.2. The molecule has 0 bridgehead atoms. The molecule has 3 aromatic heterocycles. The third-order valence-electron chi connectivity index (χ3n) is 7.20. The number of fused-ring (bicyclic) bond motifs is 2. The summed E-state index contributed by atoms with van der Waals surface area (Å²) in [5.74, 6) is 0.640. The topological polar surface area (TPSA) is 125 Å². The van der Waals surface area contributed by atoms with Gasteiger partial charge in [0.2, 0.25) is 0 Å². The van der Waals surface area contributed by atoms with Crippen LogP contribution in [-0.4, -0.2) is 75.1 Å². The predicted octanol–water partition coefficient (Wildman–Crippen LogP) is 3.16. The average Bonchev–Trinajstić information content (AvgIpc) is 3.51. The van der Waals surface area contributed by atoms with E-state index >= 15 is 0 Å². The van der Waals surface area contributed by atoms with E-state index in [2.05, 4.69) is 20.2 Å². The van der Waals surface area contributed by atoms with Crippen LogP contribution in [0.25, 0.3) is 33.2 Å². The number of aryl methyl sites for hydroxylation is 1. The maximum Gasteiger partial charge on any atom is 0.272 e. The zero-order chi connectivity index (χ0) is 26.9. The number of para-hydroxylation sites is 1. The van der Waals surface area contributed by atoms with E-state index in [1.807, 2.05) is 64.8 Å². The quantitative estimate of drug-likeness (QED) is 0.331. The monoisotopic (exact) mass is 526 g/mol. The smallest absolute Gasteiger partial charge is 0.272 e. The molecule has 0 spiro atoms. The van der Waals surface area contributed by atoms with Crippen LogP contribution in [0, 0.1) is 0 Å². The molecule has 5 aromatic rings. The summed E-state index contributed by atoms with van der Waals surface area (Å²) in [5.41, 5.74) is 10.5. The summed E-state index contributed by atoms with van der Waals surface area (Å²) in [4.78, 5) is 24.2. The van der Waals surface area contributed by atoms with Gasteiger partial charge < -0.3 is 25.1 Å². The molecular formula is C28H30N8O3. The summed E-state index contributed by atoms with van der Waals surface area (Å²) < 4.78 is 14.9. The van der Waals surface area contributed by atoms with Crippen LogP contribution in [0.5, 0.6) is 5.75 Å². The van der Waals surface area contributed by atoms with Gasteiger partial charge in [-0.15, -0.1) is 0 Å². The summed E-state index contributed by atoms with van der Waals surface area (Å²) in [7, 11) is 3.45. The van der Waals surface area contributed by atoms with E-state index < -0.39 is 0 Å². The Morgan fingerprint density at radius 2 is 1.92 bits per heavy atom. The van der Waals surface area contributed by atoms with Crippen molar-refractivity contribution in [2.24, 2.45) is 7.05 Å². The first-order valence-electron chi connectivity index (χ1n) is 12.8. The first-order valence-corrected chi connectivity index (χ1v) is 12.8. The Kier molecular flexibility index (Phi) is 6.59. The normalized spacial score (nSPS) is 14.2. The molecule has 0 atom stereocenters. The lowest BCUT2D eigenvalue weighted by Crippen LogP contribution is -2.38. The summed E-state index contributed by atoms with van der Waals surface area (Å²) >= 11 is 0. The second kappa shape index (κ2) is 10.4. The van der Waals surface area contributed by atoms with Crippen molar-refractivity contribution in [1.29, 1.82) is 0 Å². The molecule has 1 aliphatic rings. The molecular weight excluding hydrogens is 496 g/mol. The molecule has 0 saturated carbocycles. The van der Waals surface area contributed by atoms with Gasteiger partial charge in [0.25, 0.3) is 5.91 Å². The average molecular weight is 527 g/mol. The lowest BCUT2D eigenvalue weighted by molar-refractivity contribution is 0.0361. The van der Waals surface area contributed by atoms with Gasteiger partial charge in [0, 0.05) is 43.1 Å². The van der Waals surface area contributed by atoms with Crippen molar-refractivity contribution in [3.8, 4) is 17.0 Å². The van der Waals surface area contributed by atoms with Crippen molar-refractivity contribution in [3.05, 3.63) is 60.6 Å². The molecule has 6 rings (SSSR count). The second-order valence-corrected chi connectivity index (χ2v) is 9.50. The molecule has 3 N–H and O–H groups in total. The van der Waals surface area contributed by atoms with E-state index in [1.165, 1.54) is 6.33 Å². The second-order valence-electron chi connectivity index (χ2n) is 9.50. The minimum Gasteiger partial charge on any atom is -0.495 e. The van der Waals surface area contributed by atoms with Gasteiger partial charge in [-0.3, -0.25) is 9.69 Å². The zero-order valence-corrected chi connectivity index (χ0v) is 21.9. The molecule has 2 aromatic carbocycles. The van der Waals surface area contributed by atoms with Crippen LogP contribution in [0.3, 0.4) is 0 Å². The highest BCUT2D eigenvalue weighted by Crippen LogP contribution is 2.35. The standard InChI is InChI=1S/C28H30N8O3/c1-34-21-6-4-3-5-18(21)15-22(34)28(37)32-20-8-7-19(16-23(20)38-2)25-24-26(29)30-17-31-27(24)36(33-25)10-9-35-11-13-39-14-12-35/h3-8,15-17H,9-14H2,1-2H3,(H,32,37)(H2,29,30,31). The molecule has 1 amide bonds. The van der Waals surface area contributed by atoms with E-state index in [1.54, 1.807) is 7.11 Å². The number of carbonyl (C=O) groups is 1. The Labute approximate surface area is 225 Å². The Hall–Kier alpha value is -4.48. The molecule has 1 fully saturated rings. The number of ether oxygens (including phenoxy) is 2. The number of anilines is 2. The number of nitrogens with one attached hydrogen (secondary N) is 1. The zero-order valence-electron chi connectivity index (χ0n) is 21.9. The summed E-state index contributed by atoms with van der Waals surface area (Å²) in [5, 5.41) is 9.57. The maximum atomic E-state index is 13.2. The van der Waals surface area contributed by atoms with Crippen molar-refractivity contribution in [3.63, 3.8) is 0 Å². The minimum absolute atomic E-state index is 0.227. The number of morpholine rings is 1. The molecule has 0 unspecified atom stereocenters. The van der Waals surface area contributed by atoms with Gasteiger partial charge in [-0.05, 0) is 24.3 Å². The van der Waals surface area contributed by atoms with Crippen LogP contribution in [0.2, 0.25) is 0 Å². The van der Waals surface area contributed by atoms with E-state index in [4.69, 9.17) is 20.3 Å². The fourth-order valence-corrected chi connectivity index (χ4v) is 5.08. The van der Waals surface area contributed by atoms with Crippen LogP contribution in [0.4, 0.5) is 11.5 Å². The van der Waals surface area contributed by atoms with Crippen molar-refractivity contribution >= 4 is 39.3 Å². The van der Waals surface area contributed by atoms with Crippen molar-refractivity contribution in [2.75, 3.05) is 51.0 Å². The third-order valence-corrected chi connectivity index (χ3v) is 7.20. The summed E-state index contributed by atoms with van der Waals surface area (Å²) in [6.07, 6.45) is 1.46. The van der Waals surface area contributed by atoms with Crippen LogP contribution < -0.4 is 15.8 Å². The molecule has 200 valence electrons. The van der Waals surface area contributed by atoms with Crippen molar-refractivity contribution in [2.45, 2.75) is 6.54 Å². The van der Waals surface area contributed by atoms with Crippen molar-refractivity contribution < 1.29 is 14.3 Å². The number of amides is 1. The van der Waals surface area contributed by atoms with Crippen LogP contribution >= 0.6 is 0 Å². The predicted molar refractivity (Wildman–Crippen MR) is 150 cm³/mol. The van der Waals surface area contributed by atoms with Gasteiger partial charge in [-0.1, -0.05) is 24.3 Å². The number of rotatable bonds is 7. The molecule has 1 aliphatic heterocycles. The molecule has 11 nitrogen and oxygen atoms in total. The van der Waals surface area contributed by atoms with Gasteiger partial charge in [0.05, 0.1) is 37.9 Å². The van der Waals surface area contributed by atoms with Gasteiger partial charge in [-0.25, -0.2) is 14.6 Å². The van der Waals surface area contributed by atoms with Gasteiger partial charge in [-0.2, -0.15) is 5.10 Å². The van der Waals surface area contributed by atoms with Gasteiger partial charge >= 0.3 is 0 Å². The van der Waals surface area contributed by atoms with E-state index in [9.17, 15) is 4.79 Å². The Morgan fingerprint density at radius 3 is 2.72 bits per heavy atom. The number of methoxy groups -OCH3 is 1. The number of hydrogen-bond donors (Lipinski definition) is 2. The number of nitrogen functional groups attached to an aromatic ring is 1. The Morgan fingerprint density at radius 1 is 1.10 bits per heavy atom. The van der Waals surface area contributed by atoms with E-state index in [0.29, 0.717) is 46.2 Å². The number of benzene rings is 2. The number of aromatic nitrogens is 5. The number of nitrogens with two attached hydrogens (primary N) is 1. The number of carbonyl (C=O) groups excluding carboxylic acids is 1. The first kappa shape index (κ1) is 24.8. The highest BCUT2D eigenvalue weighted by molar-refractivity contribution is 6.07. The molecule has 0 aliphatic carbocycles. The fraction of sp³-hybridized carbons (Fsp3) is 0.286. The molecule has 1 saturated heterocycles. The summed E-state index contributed by atoms with van der Waals surface area (Å²) in [6, 6.07) is 15.3. The van der Waals surface area contributed by atoms with E-state index in [-0.39, 0.29) is 5.91 Å². The molecule has 39 heavy (non-hydrogen) atoms. The first-order chi connectivity index (χ1) is 19.0. The number of nitrogens with zero attached hydrogens (tertiary/aromatic N) is 6. The SMILES string of the molecule is COc1cc(-c2nn(CCN3CCOCC3)c3ncnc(N)c23)ccc1NC(=O)c1cc2ccccc2n1C. The lowest BCUT2D eigenvalue weighted by Gasteiger charge is -2.26. The highest BCUT2D eigenvalue weighted by Gasteiger charge is 2.21. The largest absolute Gasteiger partial charge is 0.495 e. The minimum atomic E-state index is -0.227. The van der Waals surface area contributed by atoms with Gasteiger partial charge in [0.1, 0.15) is 29.3 Å². The lowest BCUT2D eigenvalue weighted by atomic mass is 10.1. The van der Waals surface area contributed by atoms with Crippen LogP contribution in [-0.2, 0) is 18.3 Å².